The van der Waals surface area contributed by atoms with Crippen molar-refractivity contribution in [3.63, 3.8) is 0 Å². The van der Waals surface area contributed by atoms with Crippen LogP contribution in [0.4, 0.5) is 27.5 Å². The van der Waals surface area contributed by atoms with Crippen LogP contribution in [0.3, 0.4) is 0 Å². The largest absolute Gasteiger partial charge is 0.356 e. The molecule has 0 radical (unpaired) electrons. The van der Waals surface area contributed by atoms with Gasteiger partial charge >= 0.3 is 0 Å². The van der Waals surface area contributed by atoms with Gasteiger partial charge in [-0.05, 0) is 118 Å². The zero-order valence-electron chi connectivity index (χ0n) is 35.5. The normalized spacial score (nSPS) is 19.0. The summed E-state index contributed by atoms with van der Waals surface area (Å²) in [7, 11) is 0. The summed E-state index contributed by atoms with van der Waals surface area (Å²) in [5, 5.41) is 6.83. The van der Waals surface area contributed by atoms with Crippen LogP contribution in [-0.4, -0.2) is 75.1 Å². The van der Waals surface area contributed by atoms with E-state index in [1.807, 2.05) is 30.5 Å². The number of aromatic nitrogens is 4. The summed E-state index contributed by atoms with van der Waals surface area (Å²) < 4.78 is 19.2. The van der Waals surface area contributed by atoms with Gasteiger partial charge in [-0.3, -0.25) is 14.9 Å². The molecule has 2 atom stereocenters. The molecule has 3 aliphatic rings. The van der Waals surface area contributed by atoms with E-state index >= 15 is 4.39 Å². The molecule has 3 N–H and O–H groups in total. The standard InChI is InChI=1S/C47H56FN9O2S2/c1-5-26-60-55-37-11-7-10-36(41(37)48)42-43(61-45(54-42)47(2,3)4)38-16-21-49-46(52-38)51-34-9-6-8-32(27-34)31-19-23-56(24-20-31)22-17-30-18-25-57(29-30)39-14-12-33(28-50-39)35-13-15-40(58)53-44(35)59/h6-12,14,16,21,27-28,30-31,35,55H,5,13,15,17-20,22-26,29H2,1-4H3,(H,49,51,52)(H,53,58,59). The van der Waals surface area contributed by atoms with Crippen molar-refractivity contribution in [2.24, 2.45) is 5.92 Å². The Balaban J connectivity index is 0.859. The van der Waals surface area contributed by atoms with E-state index in [1.165, 1.54) is 23.9 Å². The number of nitrogens with zero attached hydrogens (tertiary/aromatic N) is 6. The fourth-order valence-corrected chi connectivity index (χ4v) is 10.2. The molecule has 3 fully saturated rings. The van der Waals surface area contributed by atoms with Gasteiger partial charge in [0.2, 0.25) is 17.8 Å². The summed E-state index contributed by atoms with van der Waals surface area (Å²) in [6.45, 7) is 13.7. The third kappa shape index (κ3) is 10.2. The van der Waals surface area contributed by atoms with Crippen LogP contribution < -0.4 is 20.3 Å². The number of likely N-dealkylation sites (tertiary alicyclic amines) is 1. The zero-order valence-corrected chi connectivity index (χ0v) is 37.2. The number of hydrogen-bond acceptors (Lipinski definition) is 12. The molecule has 5 aromatic rings. The molecule has 320 valence electrons. The van der Waals surface area contributed by atoms with Gasteiger partial charge in [-0.15, -0.1) is 11.3 Å². The van der Waals surface area contributed by atoms with Crippen molar-refractivity contribution in [2.75, 3.05) is 53.4 Å². The highest BCUT2D eigenvalue weighted by molar-refractivity contribution is 8.00. The maximum Gasteiger partial charge on any atom is 0.234 e. The summed E-state index contributed by atoms with van der Waals surface area (Å²) >= 11 is 3.05. The van der Waals surface area contributed by atoms with Gasteiger partial charge < -0.3 is 19.8 Å². The van der Waals surface area contributed by atoms with Crippen LogP contribution in [0.25, 0.3) is 21.8 Å². The monoisotopic (exact) mass is 861 g/mol. The number of rotatable bonds is 14. The molecule has 3 aliphatic heterocycles. The van der Waals surface area contributed by atoms with Crippen LogP contribution in [0, 0.1) is 11.7 Å². The van der Waals surface area contributed by atoms with Crippen molar-refractivity contribution in [3.8, 4) is 21.8 Å². The van der Waals surface area contributed by atoms with E-state index in [2.05, 4.69) is 82.1 Å². The highest BCUT2D eigenvalue weighted by atomic mass is 32.2. The SMILES string of the molecule is CCCSNc1cccc(-c2nc(C(C)(C)C)sc2-c2ccnc(Nc3cccc(C4CCN(CCC5CCN(c6ccc(C7CCC(=O)NC7=O)cn6)C5)CC4)c3)n2)c1F. The van der Waals surface area contributed by atoms with Crippen LogP contribution >= 0.6 is 23.3 Å². The Bertz CT molecular complexity index is 2320. The molecule has 2 aromatic carbocycles. The Hall–Kier alpha value is -4.92. The molecular formula is C47H56FN9O2S2. The second-order valence-corrected chi connectivity index (χ2v) is 19.4. The number of carbonyl (C=O) groups is 2. The molecule has 6 heterocycles. The lowest BCUT2D eigenvalue weighted by atomic mass is 9.89. The van der Waals surface area contributed by atoms with E-state index in [0.29, 0.717) is 53.3 Å². The van der Waals surface area contributed by atoms with Crippen LogP contribution in [0.15, 0.2) is 73.1 Å². The van der Waals surface area contributed by atoms with E-state index in [-0.39, 0.29) is 29.0 Å². The van der Waals surface area contributed by atoms with Crippen LogP contribution in [-0.2, 0) is 15.0 Å². The fourth-order valence-electron chi connectivity index (χ4n) is 8.50. The number of hydrogen-bond donors (Lipinski definition) is 3. The van der Waals surface area contributed by atoms with Crippen molar-refractivity contribution in [2.45, 2.75) is 89.9 Å². The minimum atomic E-state index is -0.319. The van der Waals surface area contributed by atoms with Crippen molar-refractivity contribution in [3.05, 3.63) is 95.0 Å². The average Bonchev–Trinajstić information content (AvgIpc) is 3.93. The second kappa shape index (κ2) is 19.0. The zero-order chi connectivity index (χ0) is 42.5. The Morgan fingerprint density at radius 2 is 1.79 bits per heavy atom. The van der Waals surface area contributed by atoms with Crippen molar-refractivity contribution < 1.29 is 14.0 Å². The third-order valence-electron chi connectivity index (χ3n) is 12.0. The van der Waals surface area contributed by atoms with Gasteiger partial charge in [0.15, 0.2) is 5.82 Å². The Morgan fingerprint density at radius 1 is 0.951 bits per heavy atom. The third-order valence-corrected chi connectivity index (χ3v) is 14.5. The number of piperidine rings is 2. The van der Waals surface area contributed by atoms with Crippen molar-refractivity contribution >= 4 is 58.2 Å². The number of imide groups is 1. The summed E-state index contributed by atoms with van der Waals surface area (Å²) in [5.74, 6) is 2.40. The van der Waals surface area contributed by atoms with Crippen molar-refractivity contribution in [1.82, 2.24) is 30.2 Å². The maximum atomic E-state index is 16.0. The molecule has 0 aliphatic carbocycles. The summed E-state index contributed by atoms with van der Waals surface area (Å²) in [5.41, 5.74) is 5.11. The summed E-state index contributed by atoms with van der Waals surface area (Å²) in [6, 6.07) is 20.0. The number of thiazole rings is 1. The Kier molecular flexibility index (Phi) is 13.3. The van der Waals surface area contributed by atoms with Gasteiger partial charge in [-0.1, -0.05) is 63.9 Å². The lowest BCUT2D eigenvalue weighted by Crippen LogP contribution is -2.39. The Labute approximate surface area is 366 Å². The molecule has 0 spiro atoms. The highest BCUT2D eigenvalue weighted by Gasteiger charge is 2.30. The van der Waals surface area contributed by atoms with E-state index in [4.69, 9.17) is 15.0 Å². The van der Waals surface area contributed by atoms with Gasteiger partial charge in [0.25, 0.3) is 0 Å². The minimum Gasteiger partial charge on any atom is -0.356 e. The molecule has 3 saturated heterocycles. The molecule has 2 amide bonds. The number of benzene rings is 2. The van der Waals surface area contributed by atoms with Crippen LogP contribution in [0.5, 0.6) is 0 Å². The first kappa shape index (κ1) is 42.8. The van der Waals surface area contributed by atoms with E-state index in [0.717, 1.165) is 91.1 Å². The molecule has 11 nitrogen and oxygen atoms in total. The lowest BCUT2D eigenvalue weighted by Gasteiger charge is -2.33. The van der Waals surface area contributed by atoms with E-state index in [9.17, 15) is 9.59 Å². The van der Waals surface area contributed by atoms with Crippen LogP contribution in [0.1, 0.15) is 101 Å². The van der Waals surface area contributed by atoms with E-state index < -0.39 is 0 Å². The molecule has 0 saturated carbocycles. The predicted molar refractivity (Wildman–Crippen MR) is 246 cm³/mol. The molecule has 0 bridgehead atoms. The number of pyridine rings is 1. The molecule has 3 aromatic heterocycles. The van der Waals surface area contributed by atoms with Gasteiger partial charge in [0.05, 0.1) is 32.9 Å². The van der Waals surface area contributed by atoms with E-state index in [1.54, 1.807) is 29.7 Å². The van der Waals surface area contributed by atoms with Gasteiger partial charge in [-0.25, -0.2) is 24.3 Å². The maximum absolute atomic E-state index is 16.0. The topological polar surface area (TPSA) is 128 Å². The van der Waals surface area contributed by atoms with Crippen molar-refractivity contribution in [1.29, 1.82) is 0 Å². The molecule has 61 heavy (non-hydrogen) atoms. The highest BCUT2D eigenvalue weighted by Crippen LogP contribution is 2.42. The van der Waals surface area contributed by atoms with Gasteiger partial charge in [0.1, 0.15) is 5.82 Å². The first-order valence-electron chi connectivity index (χ1n) is 21.7. The number of amides is 2. The smallest absolute Gasteiger partial charge is 0.234 e. The predicted octanol–water partition coefficient (Wildman–Crippen LogP) is 9.93. The minimum absolute atomic E-state index is 0.196. The first-order chi connectivity index (χ1) is 29.5. The first-order valence-corrected chi connectivity index (χ1v) is 23.5. The molecule has 8 rings (SSSR count). The summed E-state index contributed by atoms with van der Waals surface area (Å²) in [4.78, 5) is 48.9. The second-order valence-electron chi connectivity index (χ2n) is 17.5. The number of anilines is 4. The van der Waals surface area contributed by atoms with Gasteiger partial charge in [-0.2, -0.15) is 0 Å². The van der Waals surface area contributed by atoms with Crippen LogP contribution in [0.2, 0.25) is 0 Å². The number of halogens is 1. The quantitative estimate of drug-likeness (QED) is 0.0561. The molecular weight excluding hydrogens is 806 g/mol. The van der Waals surface area contributed by atoms with Gasteiger partial charge in [0, 0.05) is 54.3 Å². The number of nitrogens with one attached hydrogen (secondary N) is 3. The lowest BCUT2D eigenvalue weighted by molar-refractivity contribution is -0.134. The summed E-state index contributed by atoms with van der Waals surface area (Å²) in [6.07, 6.45) is 10.0. The average molecular weight is 862 g/mol. The molecule has 14 heteroatoms. The number of carbonyl (C=O) groups excluding carboxylic acids is 2. The molecule has 2 unspecified atom stereocenters. The Morgan fingerprint density at radius 3 is 2.56 bits per heavy atom. The fraction of sp³-hybridized carbons (Fsp3) is 0.447.